The van der Waals surface area contributed by atoms with Crippen molar-refractivity contribution in [2.24, 2.45) is 0 Å². The number of aliphatic hydroxyl groups is 10. The summed E-state index contributed by atoms with van der Waals surface area (Å²) < 4.78 is 65.5. The summed E-state index contributed by atoms with van der Waals surface area (Å²) in [6.07, 6.45) is -14.5. The van der Waals surface area contributed by atoms with Crippen LogP contribution in [0.3, 0.4) is 0 Å². The van der Waals surface area contributed by atoms with E-state index >= 15 is 0 Å². The van der Waals surface area contributed by atoms with Crippen molar-refractivity contribution in [1.29, 1.82) is 0 Å². The molecule has 0 aliphatic carbocycles. The van der Waals surface area contributed by atoms with E-state index in [1.165, 1.54) is 20.8 Å². The second-order valence-corrected chi connectivity index (χ2v) is 26.3. The number of likely N-dealkylation sites (tertiary alicyclic amines) is 3. The van der Waals surface area contributed by atoms with Gasteiger partial charge >= 0.3 is 0 Å². The van der Waals surface area contributed by atoms with Crippen LogP contribution in [0.5, 0.6) is 0 Å². The molecule has 0 bridgehead atoms. The van der Waals surface area contributed by atoms with Gasteiger partial charge in [-0.1, -0.05) is 0 Å². The summed E-state index contributed by atoms with van der Waals surface area (Å²) in [7, 11) is -1.08. The standard InChI is InChI=1S/C57H100N6O27P2/c1-30(68)58-45-51(77)48(74)38(26-65)84-54(45)80-16-10-7-13-41(71)61-23-36(19-33(61)25-64)88-91-83-29-34-20-37(24-62(34)42(72)14-8-11-17-81-55-46(59-31(2)69)52(78)49(75)39(27-66)85-55)89-92-90-44-21-35(87-57(4,5)6)22-63(44)43(73)15-9-12-18-82-56-47(60-32(3)70)53(79)50(76)40(28-67)86-56/h33-40,44-56,64-67,74-79,91-92H,7-29H2,1-6H3,(H,58,68)(H,59,69)(H,60,70)/t33-,34-,35+,36+,37+,38?,39?,40?,44+,45?,46?,47?,48?,49?,50?,51?,52?,53?,54?,55?,56?/m0/s1. The summed E-state index contributed by atoms with van der Waals surface area (Å²) in [5, 5.41) is 110. The Morgan fingerprint density at radius 3 is 1.22 bits per heavy atom. The first-order valence-electron chi connectivity index (χ1n) is 31.6. The van der Waals surface area contributed by atoms with Gasteiger partial charge in [0.25, 0.3) is 0 Å². The van der Waals surface area contributed by atoms with Gasteiger partial charge in [0.15, 0.2) is 36.9 Å². The van der Waals surface area contributed by atoms with E-state index in [1.54, 1.807) is 14.7 Å². The third-order valence-electron chi connectivity index (χ3n) is 16.6. The molecule has 0 spiro atoms. The maximum Gasteiger partial charge on any atom is 0.224 e. The molecule has 23 atom stereocenters. The Morgan fingerprint density at radius 1 is 0.467 bits per heavy atom. The van der Waals surface area contributed by atoms with E-state index in [1.807, 2.05) is 20.8 Å². The molecular weight excluding hydrogens is 1260 g/mol. The van der Waals surface area contributed by atoms with Crippen molar-refractivity contribution in [3.05, 3.63) is 0 Å². The second kappa shape index (κ2) is 38.1. The van der Waals surface area contributed by atoms with Crippen molar-refractivity contribution < 1.29 is 131 Å². The third-order valence-corrected chi connectivity index (χ3v) is 18.1. The van der Waals surface area contributed by atoms with Gasteiger partial charge in [-0.3, -0.25) is 28.8 Å². The maximum atomic E-state index is 14.1. The molecule has 0 aromatic heterocycles. The fraction of sp³-hybridized carbons (Fsp3) is 0.895. The molecule has 13 N–H and O–H groups in total. The predicted octanol–water partition coefficient (Wildman–Crippen LogP) is -3.87. The highest BCUT2D eigenvalue weighted by Gasteiger charge is 2.49. The lowest BCUT2D eigenvalue weighted by atomic mass is 9.97. The largest absolute Gasteiger partial charge is 0.394 e. The van der Waals surface area contributed by atoms with Gasteiger partial charge in [0.2, 0.25) is 35.4 Å². The van der Waals surface area contributed by atoms with Gasteiger partial charge in [-0.2, -0.15) is 0 Å². The molecule has 0 radical (unpaired) electrons. The number of nitrogens with one attached hydrogen (secondary N) is 3. The molecule has 6 fully saturated rings. The Morgan fingerprint density at radius 2 is 0.837 bits per heavy atom. The predicted molar refractivity (Wildman–Crippen MR) is 321 cm³/mol. The van der Waals surface area contributed by atoms with Crippen molar-refractivity contribution in [1.82, 2.24) is 30.7 Å². The zero-order valence-corrected chi connectivity index (χ0v) is 55.1. The maximum absolute atomic E-state index is 14.1. The zero-order valence-electron chi connectivity index (χ0n) is 53.1. The van der Waals surface area contributed by atoms with Gasteiger partial charge in [0.05, 0.1) is 69.0 Å². The smallest absolute Gasteiger partial charge is 0.224 e. The average molecular weight is 1360 g/mol. The first kappa shape index (κ1) is 77.8. The topological polar surface area (TPSA) is 452 Å². The Bertz CT molecular complexity index is 2310. The van der Waals surface area contributed by atoms with E-state index in [9.17, 15) is 79.8 Å². The fourth-order valence-corrected chi connectivity index (χ4v) is 13.3. The summed E-state index contributed by atoms with van der Waals surface area (Å²) in [5.74, 6) is -2.15. The Hall–Kier alpha value is -3.16. The molecule has 6 aliphatic rings. The van der Waals surface area contributed by atoms with E-state index < -0.39 is 184 Å². The zero-order chi connectivity index (χ0) is 67.4. The van der Waals surface area contributed by atoms with Gasteiger partial charge < -0.3 is 133 Å². The number of carbonyl (C=O) groups excluding carboxylic acids is 6. The van der Waals surface area contributed by atoms with Crippen molar-refractivity contribution >= 4 is 53.5 Å². The summed E-state index contributed by atoms with van der Waals surface area (Å²) in [5.41, 5.74) is -0.534. The molecule has 0 aromatic rings. The molecule has 35 heteroatoms. The van der Waals surface area contributed by atoms with Gasteiger partial charge in [-0.15, -0.1) is 0 Å². The van der Waals surface area contributed by atoms with E-state index in [-0.39, 0.29) is 95.8 Å². The minimum Gasteiger partial charge on any atom is -0.394 e. The van der Waals surface area contributed by atoms with E-state index in [4.69, 9.17) is 51.3 Å². The Labute approximate surface area is 538 Å². The number of aliphatic hydroxyl groups excluding tert-OH is 10. The molecule has 6 heterocycles. The number of rotatable bonds is 35. The van der Waals surface area contributed by atoms with Gasteiger partial charge in [0.1, 0.15) is 79.3 Å². The number of hydrogen-bond donors (Lipinski definition) is 13. The lowest BCUT2D eigenvalue weighted by Gasteiger charge is -2.42. The summed E-state index contributed by atoms with van der Waals surface area (Å²) in [4.78, 5) is 81.8. The Kier molecular flexibility index (Phi) is 32.2. The van der Waals surface area contributed by atoms with E-state index in [0.717, 1.165) is 0 Å². The van der Waals surface area contributed by atoms with Crippen LogP contribution in [-0.2, 0) is 80.0 Å². The molecule has 33 nitrogen and oxygen atoms in total. The SMILES string of the molecule is CC(=O)NC1C(OCCCCC(=O)N2C[C@H](OPOC[C@@H]3C[C@@H](OPO[C@@H]4C[C@@H](OC(C)(C)C)CN4C(=O)CCCCOC4OC(CO)C(O)C(O)C4NC(C)=O)CN3C(=O)CCCCOC3OC(CO)C(O)C(O)C3NC(C)=O)C[C@H]2CO)OC(CO)C(O)C1O. The van der Waals surface area contributed by atoms with Crippen molar-refractivity contribution in [3.8, 4) is 0 Å². The fourth-order valence-electron chi connectivity index (χ4n) is 12.0. The highest BCUT2D eigenvalue weighted by molar-refractivity contribution is 7.26. The van der Waals surface area contributed by atoms with Crippen LogP contribution in [0, 0.1) is 0 Å². The van der Waals surface area contributed by atoms with Crippen LogP contribution in [-0.4, -0.2) is 308 Å². The molecule has 6 saturated heterocycles. The molecule has 0 saturated carbocycles. The molecule has 6 amide bonds. The number of carbonyl (C=O) groups is 6. The van der Waals surface area contributed by atoms with Crippen molar-refractivity contribution in [3.63, 3.8) is 0 Å². The van der Waals surface area contributed by atoms with Crippen molar-refractivity contribution in [2.75, 3.05) is 72.5 Å². The number of hydrogen-bond acceptors (Lipinski definition) is 27. The summed E-state index contributed by atoms with van der Waals surface area (Å²) in [6, 6.07) is -4.35. The van der Waals surface area contributed by atoms with E-state index in [0.29, 0.717) is 57.8 Å². The van der Waals surface area contributed by atoms with Crippen LogP contribution in [0.1, 0.15) is 119 Å². The Balaban J connectivity index is 1.00. The van der Waals surface area contributed by atoms with Crippen LogP contribution in [0.15, 0.2) is 0 Å². The normalized spacial score (nSPS) is 34.6. The van der Waals surface area contributed by atoms with Crippen molar-refractivity contribution in [2.45, 2.75) is 253 Å². The average Bonchev–Trinajstić information content (AvgIpc) is 2.13. The molecule has 6 aliphatic heterocycles. The number of amides is 6. The monoisotopic (exact) mass is 1360 g/mol. The first-order valence-corrected chi connectivity index (χ1v) is 33.2. The number of unbranched alkanes of at least 4 members (excludes halogenated alkanes) is 3. The lowest BCUT2D eigenvalue weighted by Crippen LogP contribution is -2.64. The molecule has 92 heavy (non-hydrogen) atoms. The van der Waals surface area contributed by atoms with Crippen LogP contribution in [0.2, 0.25) is 0 Å². The van der Waals surface area contributed by atoms with Crippen LogP contribution in [0.25, 0.3) is 0 Å². The quantitative estimate of drug-likeness (QED) is 0.0213. The lowest BCUT2D eigenvalue weighted by molar-refractivity contribution is -0.270. The van der Waals surface area contributed by atoms with Crippen LogP contribution >= 0.6 is 18.1 Å². The van der Waals surface area contributed by atoms with Gasteiger partial charge in [-0.05, 0) is 72.1 Å². The molecule has 0 aromatic carbocycles. The summed E-state index contributed by atoms with van der Waals surface area (Å²) in [6.45, 7) is 8.10. The third kappa shape index (κ3) is 23.0. The second-order valence-electron chi connectivity index (χ2n) is 25.0. The number of ether oxygens (including phenoxy) is 7. The molecule has 6 rings (SSSR count). The van der Waals surface area contributed by atoms with Crippen LogP contribution in [0.4, 0.5) is 0 Å². The highest BCUT2D eigenvalue weighted by atomic mass is 31.1. The minimum atomic E-state index is -1.49. The first-order chi connectivity index (χ1) is 43.8. The number of nitrogens with zero attached hydrogens (tertiary/aromatic N) is 3. The van der Waals surface area contributed by atoms with Gasteiger partial charge in [0, 0.05) is 85.9 Å². The van der Waals surface area contributed by atoms with Gasteiger partial charge in [-0.25, -0.2) is 0 Å². The highest BCUT2D eigenvalue weighted by Crippen LogP contribution is 2.36. The minimum absolute atomic E-state index is 0.0322. The molecular formula is C57H100N6O27P2. The molecule has 17 unspecified atom stereocenters. The summed E-state index contributed by atoms with van der Waals surface area (Å²) >= 11 is 0. The van der Waals surface area contributed by atoms with E-state index in [2.05, 4.69) is 16.0 Å². The molecule has 530 valence electrons. The van der Waals surface area contributed by atoms with Crippen LogP contribution < -0.4 is 16.0 Å².